The van der Waals surface area contributed by atoms with E-state index in [1.165, 1.54) is 32.0 Å². The van der Waals surface area contributed by atoms with Crippen molar-refractivity contribution in [1.82, 2.24) is 14.9 Å². The average molecular weight is 234 g/mol. The molecule has 0 saturated carbocycles. The zero-order chi connectivity index (χ0) is 11.6. The van der Waals surface area contributed by atoms with Crippen molar-refractivity contribution in [2.24, 2.45) is 7.05 Å². The van der Waals surface area contributed by atoms with Crippen molar-refractivity contribution in [3.63, 3.8) is 0 Å². The Labute approximate surface area is 115 Å². The van der Waals surface area contributed by atoms with Crippen LogP contribution in [0.15, 0.2) is 6.33 Å². The van der Waals surface area contributed by atoms with E-state index in [0.29, 0.717) is 0 Å². The number of rotatable bonds is 2. The molecule has 0 atom stereocenters. The van der Waals surface area contributed by atoms with E-state index in [4.69, 9.17) is 0 Å². The maximum atomic E-state index is 11.2. The fourth-order valence-electron chi connectivity index (χ4n) is 1.16. The topological polar surface area (TPSA) is 90.3 Å². The standard InChI is InChI=1S/C8H12N4O3.Na/c1-9-8(15)12(3)6-5(7(13)14)11(2)4-10-6;/h4H,1-3H3,(H,9,15)(H,13,14);/q;+1/p-1. The Morgan fingerprint density at radius 2 is 2.12 bits per heavy atom. The molecule has 2 amide bonds. The largest absolute Gasteiger partial charge is 1.00 e. The number of carbonyl (C=O) groups is 2. The normalized spacial score (nSPS) is 9.19. The van der Waals surface area contributed by atoms with Crippen LogP contribution in [0.25, 0.3) is 0 Å². The van der Waals surface area contributed by atoms with Crippen molar-refractivity contribution in [3.05, 3.63) is 12.0 Å². The summed E-state index contributed by atoms with van der Waals surface area (Å²) in [6.07, 6.45) is 1.31. The van der Waals surface area contributed by atoms with Gasteiger partial charge in [-0.05, 0) is 0 Å². The van der Waals surface area contributed by atoms with Gasteiger partial charge in [-0.25, -0.2) is 9.78 Å². The summed E-state index contributed by atoms with van der Waals surface area (Å²) >= 11 is 0. The molecular weight excluding hydrogens is 223 g/mol. The van der Waals surface area contributed by atoms with Gasteiger partial charge in [0, 0.05) is 21.1 Å². The summed E-state index contributed by atoms with van der Waals surface area (Å²) in [5, 5.41) is 13.2. The molecule has 0 spiro atoms. The molecule has 1 rings (SSSR count). The van der Waals surface area contributed by atoms with E-state index in [1.807, 2.05) is 0 Å². The van der Waals surface area contributed by atoms with Crippen molar-refractivity contribution < 1.29 is 44.3 Å². The number of aromatic nitrogens is 2. The minimum absolute atomic E-state index is 0. The van der Waals surface area contributed by atoms with Crippen molar-refractivity contribution >= 4 is 17.8 Å². The second-order valence-corrected chi connectivity index (χ2v) is 2.93. The van der Waals surface area contributed by atoms with E-state index in [0.717, 1.165) is 4.90 Å². The number of urea groups is 1. The number of hydrogen-bond acceptors (Lipinski definition) is 4. The number of carbonyl (C=O) groups excluding carboxylic acids is 2. The number of aryl methyl sites for hydroxylation is 1. The fourth-order valence-corrected chi connectivity index (χ4v) is 1.16. The summed E-state index contributed by atoms with van der Waals surface area (Å²) in [6, 6.07) is -0.448. The molecule has 0 aromatic carbocycles. The Morgan fingerprint density at radius 1 is 1.56 bits per heavy atom. The number of amides is 2. The molecule has 7 nitrogen and oxygen atoms in total. The number of carboxylic acid groups (broad SMARTS) is 1. The van der Waals surface area contributed by atoms with E-state index in [2.05, 4.69) is 10.3 Å². The second kappa shape index (κ2) is 5.88. The second-order valence-electron chi connectivity index (χ2n) is 2.93. The molecule has 1 aromatic rings. The van der Waals surface area contributed by atoms with Crippen LogP contribution in [0.4, 0.5) is 10.6 Å². The average Bonchev–Trinajstić information content (AvgIpc) is 2.57. The zero-order valence-electron chi connectivity index (χ0n) is 9.64. The van der Waals surface area contributed by atoms with Crippen molar-refractivity contribution in [3.8, 4) is 0 Å². The molecule has 8 heteroatoms. The minimum Gasteiger partial charge on any atom is -0.543 e. The monoisotopic (exact) mass is 234 g/mol. The SMILES string of the molecule is CNC(=O)N(C)c1ncn(C)c1C(=O)[O-].[Na+]. The Balaban J connectivity index is 0.00000225. The van der Waals surface area contributed by atoms with Crippen LogP contribution < -0.4 is 44.9 Å². The van der Waals surface area contributed by atoms with Crippen LogP contribution in [0.1, 0.15) is 10.5 Å². The van der Waals surface area contributed by atoms with Crippen LogP contribution in [0.2, 0.25) is 0 Å². The summed E-state index contributed by atoms with van der Waals surface area (Å²) in [4.78, 5) is 27.0. The van der Waals surface area contributed by atoms with Gasteiger partial charge in [0.15, 0.2) is 5.82 Å². The molecule has 0 aliphatic rings. The number of nitrogens with zero attached hydrogens (tertiary/aromatic N) is 3. The maximum absolute atomic E-state index is 11.2. The molecular formula is C8H11N4NaO3. The molecule has 0 saturated heterocycles. The first-order valence-electron chi connectivity index (χ1n) is 4.17. The third-order valence-electron chi connectivity index (χ3n) is 1.95. The number of imidazole rings is 1. The van der Waals surface area contributed by atoms with Crippen LogP contribution >= 0.6 is 0 Å². The van der Waals surface area contributed by atoms with Crippen LogP contribution in [-0.4, -0.2) is 35.6 Å². The van der Waals surface area contributed by atoms with Gasteiger partial charge in [-0.1, -0.05) is 0 Å². The molecule has 0 unspecified atom stereocenters. The van der Waals surface area contributed by atoms with Crippen LogP contribution in [0, 0.1) is 0 Å². The van der Waals surface area contributed by atoms with E-state index in [1.54, 1.807) is 0 Å². The van der Waals surface area contributed by atoms with Crippen molar-refractivity contribution in [1.29, 1.82) is 0 Å². The molecule has 1 aromatic heterocycles. The van der Waals surface area contributed by atoms with Crippen LogP contribution in [-0.2, 0) is 7.05 Å². The fraction of sp³-hybridized carbons (Fsp3) is 0.375. The Hall–Kier alpha value is -1.05. The van der Waals surface area contributed by atoms with Gasteiger partial charge in [0.05, 0.1) is 12.3 Å². The number of hydrogen-bond donors (Lipinski definition) is 1. The summed E-state index contributed by atoms with van der Waals surface area (Å²) in [6.45, 7) is 0. The summed E-state index contributed by atoms with van der Waals surface area (Å²) < 4.78 is 1.28. The van der Waals surface area contributed by atoms with E-state index < -0.39 is 12.0 Å². The minimum atomic E-state index is -1.37. The van der Waals surface area contributed by atoms with Gasteiger partial charge < -0.3 is 19.8 Å². The molecule has 82 valence electrons. The number of carboxylic acids is 1. The zero-order valence-corrected chi connectivity index (χ0v) is 11.6. The first-order chi connectivity index (χ1) is 6.99. The van der Waals surface area contributed by atoms with Gasteiger partial charge >= 0.3 is 35.6 Å². The Morgan fingerprint density at radius 3 is 2.56 bits per heavy atom. The van der Waals surface area contributed by atoms with Gasteiger partial charge in [-0.3, -0.25) is 4.90 Å². The van der Waals surface area contributed by atoms with Crippen LogP contribution in [0.3, 0.4) is 0 Å². The van der Waals surface area contributed by atoms with Gasteiger partial charge in [0.1, 0.15) is 5.69 Å². The molecule has 1 heterocycles. The number of anilines is 1. The first-order valence-corrected chi connectivity index (χ1v) is 4.17. The summed E-state index contributed by atoms with van der Waals surface area (Å²) in [7, 11) is 4.38. The predicted octanol–water partition coefficient (Wildman–Crippen LogP) is -4.44. The van der Waals surface area contributed by atoms with Gasteiger partial charge in [-0.15, -0.1) is 0 Å². The van der Waals surface area contributed by atoms with Gasteiger partial charge in [-0.2, -0.15) is 0 Å². The predicted molar refractivity (Wildman–Crippen MR) is 50.4 cm³/mol. The van der Waals surface area contributed by atoms with Crippen LogP contribution in [0.5, 0.6) is 0 Å². The summed E-state index contributed by atoms with van der Waals surface area (Å²) in [5.41, 5.74) is -0.138. The van der Waals surface area contributed by atoms with Gasteiger partial charge in [0.2, 0.25) is 0 Å². The quantitative estimate of drug-likeness (QED) is 0.523. The number of aromatic carboxylic acids is 1. The Kier molecular flexibility index (Phi) is 5.49. The maximum Gasteiger partial charge on any atom is 1.00 e. The Bertz CT molecular complexity index is 404. The molecule has 0 bridgehead atoms. The molecule has 1 N–H and O–H groups in total. The van der Waals surface area contributed by atoms with Gasteiger partial charge in [0.25, 0.3) is 0 Å². The van der Waals surface area contributed by atoms with Crippen molar-refractivity contribution in [2.75, 3.05) is 19.0 Å². The smallest absolute Gasteiger partial charge is 0.543 e. The summed E-state index contributed by atoms with van der Waals surface area (Å²) in [5.74, 6) is -1.32. The van der Waals surface area contributed by atoms with E-state index in [9.17, 15) is 14.7 Å². The third kappa shape index (κ3) is 2.75. The van der Waals surface area contributed by atoms with E-state index >= 15 is 0 Å². The molecule has 16 heavy (non-hydrogen) atoms. The molecule has 0 radical (unpaired) electrons. The molecule has 0 aliphatic carbocycles. The molecule has 0 fully saturated rings. The third-order valence-corrected chi connectivity index (χ3v) is 1.95. The molecule has 0 aliphatic heterocycles. The number of nitrogens with one attached hydrogen (secondary N) is 1. The first kappa shape index (κ1) is 14.9. The van der Waals surface area contributed by atoms with E-state index in [-0.39, 0.29) is 41.1 Å². The van der Waals surface area contributed by atoms with Crippen molar-refractivity contribution in [2.45, 2.75) is 0 Å².